The fraction of sp³-hybridized carbons (Fsp3) is 0.500. The molecule has 1 aromatic carbocycles. The number of carbonyl (C=O) groups excluding carboxylic acids is 1. The molecule has 2 amide bonds. The van der Waals surface area contributed by atoms with Crippen molar-refractivity contribution in [1.29, 1.82) is 0 Å². The van der Waals surface area contributed by atoms with Crippen LogP contribution in [0.25, 0.3) is 0 Å². The van der Waals surface area contributed by atoms with E-state index in [2.05, 4.69) is 5.43 Å². The van der Waals surface area contributed by atoms with E-state index in [9.17, 15) is 4.79 Å². The third-order valence-corrected chi connectivity index (χ3v) is 3.43. The van der Waals surface area contributed by atoms with Crippen LogP contribution < -0.4 is 11.3 Å². The highest BCUT2D eigenvalue weighted by Crippen LogP contribution is 2.17. The molecule has 1 aromatic rings. The molecule has 0 aliphatic carbocycles. The van der Waals surface area contributed by atoms with Gasteiger partial charge in [-0.2, -0.15) is 0 Å². The van der Waals surface area contributed by atoms with E-state index in [4.69, 9.17) is 10.6 Å². The van der Waals surface area contributed by atoms with Crippen molar-refractivity contribution in [2.45, 2.75) is 31.9 Å². The predicted octanol–water partition coefficient (Wildman–Crippen LogP) is 1.64. The summed E-state index contributed by atoms with van der Waals surface area (Å²) >= 11 is 0. The SMILES string of the molecule is NNC(=O)N1CCCC[C@H]1COCc1ccccc1. The lowest BCUT2D eigenvalue weighted by Gasteiger charge is -2.35. The maximum atomic E-state index is 11.6. The molecule has 1 atom stereocenters. The van der Waals surface area contributed by atoms with Gasteiger partial charge in [0.1, 0.15) is 0 Å². The lowest BCUT2D eigenvalue weighted by Crippen LogP contribution is -2.52. The van der Waals surface area contributed by atoms with Crippen LogP contribution in [0.1, 0.15) is 24.8 Å². The summed E-state index contributed by atoms with van der Waals surface area (Å²) in [5.74, 6) is 5.20. The van der Waals surface area contributed by atoms with Gasteiger partial charge in [-0.25, -0.2) is 10.6 Å². The number of hydrogen-bond donors (Lipinski definition) is 2. The van der Waals surface area contributed by atoms with E-state index in [1.165, 1.54) is 0 Å². The van der Waals surface area contributed by atoms with E-state index in [0.717, 1.165) is 31.4 Å². The van der Waals surface area contributed by atoms with E-state index in [0.29, 0.717) is 13.2 Å². The smallest absolute Gasteiger partial charge is 0.331 e. The van der Waals surface area contributed by atoms with E-state index < -0.39 is 0 Å². The van der Waals surface area contributed by atoms with Crippen LogP contribution in [0.3, 0.4) is 0 Å². The molecule has 0 radical (unpaired) electrons. The molecule has 1 aliphatic heterocycles. The van der Waals surface area contributed by atoms with Crippen molar-refractivity contribution >= 4 is 6.03 Å². The van der Waals surface area contributed by atoms with Crippen LogP contribution in [0.2, 0.25) is 0 Å². The van der Waals surface area contributed by atoms with E-state index in [1.807, 2.05) is 30.3 Å². The normalized spacial score (nSPS) is 19.2. The topological polar surface area (TPSA) is 67.6 Å². The number of likely N-dealkylation sites (tertiary alicyclic amines) is 1. The zero-order valence-electron chi connectivity index (χ0n) is 11.0. The van der Waals surface area contributed by atoms with Gasteiger partial charge >= 0.3 is 6.03 Å². The number of hydrazine groups is 1. The second-order valence-electron chi connectivity index (χ2n) is 4.79. The molecule has 0 spiro atoms. The molecule has 19 heavy (non-hydrogen) atoms. The summed E-state index contributed by atoms with van der Waals surface area (Å²) in [6.07, 6.45) is 3.14. The Hall–Kier alpha value is -1.59. The number of nitrogens with one attached hydrogen (secondary N) is 1. The van der Waals surface area contributed by atoms with Crippen LogP contribution in [0, 0.1) is 0 Å². The van der Waals surface area contributed by atoms with Crippen molar-refractivity contribution < 1.29 is 9.53 Å². The molecular weight excluding hydrogens is 242 g/mol. The monoisotopic (exact) mass is 263 g/mol. The molecule has 1 saturated heterocycles. The Bertz CT molecular complexity index is 397. The number of nitrogens with two attached hydrogens (primary N) is 1. The molecule has 5 heteroatoms. The zero-order chi connectivity index (χ0) is 13.5. The third kappa shape index (κ3) is 3.94. The summed E-state index contributed by atoms with van der Waals surface area (Å²) in [6.45, 7) is 1.89. The molecule has 0 unspecified atom stereocenters. The molecule has 1 aliphatic rings. The van der Waals surface area contributed by atoms with Crippen molar-refractivity contribution in [3.8, 4) is 0 Å². The highest BCUT2D eigenvalue weighted by Gasteiger charge is 2.26. The van der Waals surface area contributed by atoms with Crippen LogP contribution in [0.5, 0.6) is 0 Å². The van der Waals surface area contributed by atoms with Crippen molar-refractivity contribution in [2.75, 3.05) is 13.2 Å². The fourth-order valence-electron chi connectivity index (χ4n) is 2.41. The number of carbonyl (C=O) groups is 1. The highest BCUT2D eigenvalue weighted by atomic mass is 16.5. The summed E-state index contributed by atoms with van der Waals surface area (Å²) in [5, 5.41) is 0. The summed E-state index contributed by atoms with van der Waals surface area (Å²) in [5.41, 5.74) is 3.35. The Kier molecular flexibility index (Phi) is 5.18. The lowest BCUT2D eigenvalue weighted by atomic mass is 10.0. The van der Waals surface area contributed by atoms with Crippen molar-refractivity contribution in [2.24, 2.45) is 5.84 Å². The second-order valence-corrected chi connectivity index (χ2v) is 4.79. The summed E-state index contributed by atoms with van der Waals surface area (Å²) in [7, 11) is 0. The standard InChI is InChI=1S/C14H21N3O2/c15-16-14(18)17-9-5-4-8-13(17)11-19-10-12-6-2-1-3-7-12/h1-3,6-7,13H,4-5,8-11,15H2,(H,16,18)/t13-/m0/s1. The largest absolute Gasteiger partial charge is 0.375 e. The van der Waals surface area contributed by atoms with Gasteiger partial charge in [0.25, 0.3) is 0 Å². The Balaban J connectivity index is 1.81. The molecule has 104 valence electrons. The molecule has 1 heterocycles. The molecular formula is C14H21N3O2. The molecule has 2 rings (SSSR count). The van der Waals surface area contributed by atoms with Gasteiger partial charge in [-0.3, -0.25) is 5.43 Å². The van der Waals surface area contributed by atoms with Crippen molar-refractivity contribution in [3.63, 3.8) is 0 Å². The Labute approximate surface area is 113 Å². The van der Waals surface area contributed by atoms with Gasteiger partial charge in [-0.15, -0.1) is 0 Å². The number of nitrogens with zero attached hydrogens (tertiary/aromatic N) is 1. The average molecular weight is 263 g/mol. The zero-order valence-corrected chi connectivity index (χ0v) is 11.0. The molecule has 0 bridgehead atoms. The van der Waals surface area contributed by atoms with E-state index in [-0.39, 0.29) is 12.1 Å². The van der Waals surface area contributed by atoms with Crippen LogP contribution >= 0.6 is 0 Å². The molecule has 0 saturated carbocycles. The van der Waals surface area contributed by atoms with Gasteiger partial charge in [0.05, 0.1) is 19.3 Å². The van der Waals surface area contributed by atoms with Crippen LogP contribution in [0.4, 0.5) is 4.79 Å². The second kappa shape index (κ2) is 7.11. The maximum Gasteiger partial charge on any atom is 0.331 e. The van der Waals surface area contributed by atoms with Crippen LogP contribution in [-0.4, -0.2) is 30.1 Å². The van der Waals surface area contributed by atoms with Gasteiger partial charge in [0.2, 0.25) is 0 Å². The number of rotatable bonds is 4. The van der Waals surface area contributed by atoms with Gasteiger partial charge in [0.15, 0.2) is 0 Å². The van der Waals surface area contributed by atoms with Crippen LogP contribution in [-0.2, 0) is 11.3 Å². The number of urea groups is 1. The van der Waals surface area contributed by atoms with E-state index >= 15 is 0 Å². The predicted molar refractivity (Wildman–Crippen MR) is 73.2 cm³/mol. The highest BCUT2D eigenvalue weighted by molar-refractivity contribution is 5.73. The quantitative estimate of drug-likeness (QED) is 0.493. The Morgan fingerprint density at radius 1 is 1.37 bits per heavy atom. The van der Waals surface area contributed by atoms with Crippen molar-refractivity contribution in [1.82, 2.24) is 10.3 Å². The molecule has 1 fully saturated rings. The first-order valence-corrected chi connectivity index (χ1v) is 6.70. The van der Waals surface area contributed by atoms with E-state index in [1.54, 1.807) is 4.90 Å². The average Bonchev–Trinajstić information content (AvgIpc) is 2.48. The summed E-state index contributed by atoms with van der Waals surface area (Å²) in [6, 6.07) is 9.95. The summed E-state index contributed by atoms with van der Waals surface area (Å²) in [4.78, 5) is 13.4. The fourth-order valence-corrected chi connectivity index (χ4v) is 2.41. The Morgan fingerprint density at radius 2 is 2.16 bits per heavy atom. The van der Waals surface area contributed by atoms with Crippen molar-refractivity contribution in [3.05, 3.63) is 35.9 Å². The third-order valence-electron chi connectivity index (χ3n) is 3.43. The Morgan fingerprint density at radius 3 is 2.89 bits per heavy atom. The minimum atomic E-state index is -0.215. The van der Waals surface area contributed by atoms with Gasteiger partial charge in [0, 0.05) is 6.54 Å². The number of piperidine rings is 1. The first-order chi connectivity index (χ1) is 9.31. The van der Waals surface area contributed by atoms with Crippen LogP contribution in [0.15, 0.2) is 30.3 Å². The number of amides is 2. The first kappa shape index (κ1) is 13.8. The maximum absolute atomic E-state index is 11.6. The van der Waals surface area contributed by atoms with Gasteiger partial charge in [-0.1, -0.05) is 30.3 Å². The minimum absolute atomic E-state index is 0.126. The van der Waals surface area contributed by atoms with Gasteiger partial charge < -0.3 is 9.64 Å². The number of benzene rings is 1. The summed E-state index contributed by atoms with van der Waals surface area (Å²) < 4.78 is 5.72. The number of hydrogen-bond acceptors (Lipinski definition) is 3. The molecule has 0 aromatic heterocycles. The first-order valence-electron chi connectivity index (χ1n) is 6.70. The molecule has 5 nitrogen and oxygen atoms in total. The molecule has 3 N–H and O–H groups in total. The lowest BCUT2D eigenvalue weighted by molar-refractivity contribution is 0.0476. The minimum Gasteiger partial charge on any atom is -0.375 e. The number of ether oxygens (including phenoxy) is 1. The van der Waals surface area contributed by atoms with Gasteiger partial charge in [-0.05, 0) is 24.8 Å².